The SMILES string of the molecule is NC(=NO)c1ccc(CNCc2ccc(F)c(Cl)c2)cc1. The lowest BCUT2D eigenvalue weighted by atomic mass is 10.1. The Morgan fingerprint density at radius 2 is 1.76 bits per heavy atom. The number of benzene rings is 2. The summed E-state index contributed by atoms with van der Waals surface area (Å²) in [5.41, 5.74) is 8.11. The van der Waals surface area contributed by atoms with Gasteiger partial charge in [0.1, 0.15) is 5.82 Å². The molecule has 21 heavy (non-hydrogen) atoms. The fourth-order valence-corrected chi connectivity index (χ4v) is 2.06. The van der Waals surface area contributed by atoms with Crippen LogP contribution in [0.3, 0.4) is 0 Å². The lowest BCUT2D eigenvalue weighted by Crippen LogP contribution is -2.14. The molecule has 6 heteroatoms. The van der Waals surface area contributed by atoms with Gasteiger partial charge in [0.15, 0.2) is 5.84 Å². The predicted molar refractivity (Wildman–Crippen MR) is 80.9 cm³/mol. The largest absolute Gasteiger partial charge is 0.409 e. The second kappa shape index (κ2) is 7.06. The molecule has 0 heterocycles. The first-order chi connectivity index (χ1) is 10.1. The molecular weight excluding hydrogens is 293 g/mol. The van der Waals surface area contributed by atoms with Crippen LogP contribution in [0.5, 0.6) is 0 Å². The molecule has 0 fully saturated rings. The number of hydrogen-bond donors (Lipinski definition) is 3. The highest BCUT2D eigenvalue weighted by Crippen LogP contribution is 2.16. The first kappa shape index (κ1) is 15.3. The molecule has 0 spiro atoms. The summed E-state index contributed by atoms with van der Waals surface area (Å²) in [5, 5.41) is 14.9. The molecule has 0 amide bonds. The molecule has 0 unspecified atom stereocenters. The number of nitrogens with zero attached hydrogens (tertiary/aromatic N) is 1. The van der Waals surface area contributed by atoms with E-state index in [-0.39, 0.29) is 10.9 Å². The molecule has 0 bridgehead atoms. The third kappa shape index (κ3) is 4.18. The van der Waals surface area contributed by atoms with Gasteiger partial charge in [0.2, 0.25) is 0 Å². The van der Waals surface area contributed by atoms with Gasteiger partial charge in [0.25, 0.3) is 0 Å². The van der Waals surface area contributed by atoms with Gasteiger partial charge in [-0.25, -0.2) is 4.39 Å². The Labute approximate surface area is 127 Å². The highest BCUT2D eigenvalue weighted by Gasteiger charge is 2.02. The number of hydrogen-bond acceptors (Lipinski definition) is 3. The summed E-state index contributed by atoms with van der Waals surface area (Å²) in [6.45, 7) is 1.23. The van der Waals surface area contributed by atoms with Crippen molar-refractivity contribution in [2.45, 2.75) is 13.1 Å². The Kier molecular flexibility index (Phi) is 5.14. The number of amidine groups is 1. The summed E-state index contributed by atoms with van der Waals surface area (Å²) in [6, 6.07) is 12.0. The van der Waals surface area contributed by atoms with E-state index in [1.165, 1.54) is 6.07 Å². The molecular formula is C15H15ClFN3O. The highest BCUT2D eigenvalue weighted by atomic mass is 35.5. The number of rotatable bonds is 5. The number of oxime groups is 1. The summed E-state index contributed by atoms with van der Waals surface area (Å²) in [7, 11) is 0. The molecule has 0 aliphatic rings. The monoisotopic (exact) mass is 307 g/mol. The molecule has 4 N–H and O–H groups in total. The van der Waals surface area contributed by atoms with Crippen LogP contribution in [0.1, 0.15) is 16.7 Å². The minimum absolute atomic E-state index is 0.0791. The van der Waals surface area contributed by atoms with Crippen molar-refractivity contribution in [3.63, 3.8) is 0 Å². The minimum atomic E-state index is -0.417. The average molecular weight is 308 g/mol. The fraction of sp³-hybridized carbons (Fsp3) is 0.133. The van der Waals surface area contributed by atoms with Crippen LogP contribution in [0.15, 0.2) is 47.6 Å². The van der Waals surface area contributed by atoms with Gasteiger partial charge in [-0.1, -0.05) is 47.1 Å². The van der Waals surface area contributed by atoms with Crippen LogP contribution in [0.25, 0.3) is 0 Å². The summed E-state index contributed by atoms with van der Waals surface area (Å²) >= 11 is 5.72. The van der Waals surface area contributed by atoms with Crippen LogP contribution in [0.4, 0.5) is 4.39 Å². The molecule has 4 nitrogen and oxygen atoms in total. The zero-order valence-corrected chi connectivity index (χ0v) is 11.9. The van der Waals surface area contributed by atoms with Gasteiger partial charge in [0.05, 0.1) is 5.02 Å². The van der Waals surface area contributed by atoms with Gasteiger partial charge in [-0.2, -0.15) is 0 Å². The molecule has 0 radical (unpaired) electrons. The van der Waals surface area contributed by atoms with Crippen molar-refractivity contribution in [2.24, 2.45) is 10.9 Å². The average Bonchev–Trinajstić information content (AvgIpc) is 2.51. The Morgan fingerprint density at radius 1 is 1.14 bits per heavy atom. The lowest BCUT2D eigenvalue weighted by molar-refractivity contribution is 0.318. The second-order valence-electron chi connectivity index (χ2n) is 4.53. The fourth-order valence-electron chi connectivity index (χ4n) is 1.85. The van der Waals surface area contributed by atoms with Gasteiger partial charge in [-0.3, -0.25) is 0 Å². The van der Waals surface area contributed by atoms with Gasteiger partial charge in [-0.15, -0.1) is 0 Å². The van der Waals surface area contributed by atoms with E-state index in [1.807, 2.05) is 12.1 Å². The molecule has 110 valence electrons. The third-order valence-electron chi connectivity index (χ3n) is 3.00. The van der Waals surface area contributed by atoms with Gasteiger partial charge in [0, 0.05) is 18.7 Å². The molecule has 2 aromatic rings. The van der Waals surface area contributed by atoms with E-state index >= 15 is 0 Å². The van der Waals surface area contributed by atoms with Crippen molar-refractivity contribution in [3.05, 3.63) is 70.0 Å². The van der Waals surface area contributed by atoms with Crippen LogP contribution < -0.4 is 11.1 Å². The lowest BCUT2D eigenvalue weighted by Gasteiger charge is -2.07. The first-order valence-corrected chi connectivity index (χ1v) is 6.69. The Balaban J connectivity index is 1.90. The molecule has 0 aromatic heterocycles. The van der Waals surface area contributed by atoms with E-state index in [0.29, 0.717) is 18.7 Å². The molecule has 0 aliphatic heterocycles. The van der Waals surface area contributed by atoms with Crippen LogP contribution >= 0.6 is 11.6 Å². The normalized spacial score (nSPS) is 11.6. The molecule has 0 saturated heterocycles. The van der Waals surface area contributed by atoms with Crippen molar-refractivity contribution < 1.29 is 9.60 Å². The molecule has 0 atom stereocenters. The number of halogens is 2. The zero-order valence-electron chi connectivity index (χ0n) is 11.2. The Hall–Kier alpha value is -2.11. The summed E-state index contributed by atoms with van der Waals surface area (Å²) in [4.78, 5) is 0. The van der Waals surface area contributed by atoms with E-state index in [0.717, 1.165) is 11.1 Å². The standard InChI is InChI=1S/C15H15ClFN3O/c16-13-7-11(3-6-14(13)17)9-19-8-10-1-4-12(5-2-10)15(18)20-21/h1-7,19,21H,8-9H2,(H2,18,20). The smallest absolute Gasteiger partial charge is 0.170 e. The second-order valence-corrected chi connectivity index (χ2v) is 4.94. The van der Waals surface area contributed by atoms with Crippen molar-refractivity contribution in [3.8, 4) is 0 Å². The molecule has 0 saturated carbocycles. The maximum Gasteiger partial charge on any atom is 0.170 e. The highest BCUT2D eigenvalue weighted by molar-refractivity contribution is 6.30. The van der Waals surface area contributed by atoms with Crippen LogP contribution in [0, 0.1) is 5.82 Å². The topological polar surface area (TPSA) is 70.6 Å². The van der Waals surface area contributed by atoms with E-state index in [2.05, 4.69) is 10.5 Å². The molecule has 2 aromatic carbocycles. The van der Waals surface area contributed by atoms with E-state index < -0.39 is 5.82 Å². The first-order valence-electron chi connectivity index (χ1n) is 6.31. The molecule has 0 aliphatic carbocycles. The van der Waals surface area contributed by atoms with Crippen molar-refractivity contribution in [2.75, 3.05) is 0 Å². The summed E-state index contributed by atoms with van der Waals surface area (Å²) in [6.07, 6.45) is 0. The summed E-state index contributed by atoms with van der Waals surface area (Å²) in [5.74, 6) is -0.338. The number of nitrogens with one attached hydrogen (secondary N) is 1. The quantitative estimate of drug-likeness (QED) is 0.344. The Bertz CT molecular complexity index is 644. The van der Waals surface area contributed by atoms with Crippen LogP contribution in [-0.4, -0.2) is 11.0 Å². The maximum atomic E-state index is 13.0. The van der Waals surface area contributed by atoms with Gasteiger partial charge < -0.3 is 16.3 Å². The predicted octanol–water partition coefficient (Wildman–Crippen LogP) is 2.86. The van der Waals surface area contributed by atoms with Gasteiger partial charge in [-0.05, 0) is 23.3 Å². The third-order valence-corrected chi connectivity index (χ3v) is 3.29. The van der Waals surface area contributed by atoms with Crippen LogP contribution in [0.2, 0.25) is 5.02 Å². The number of nitrogens with two attached hydrogens (primary N) is 1. The van der Waals surface area contributed by atoms with E-state index in [9.17, 15) is 4.39 Å². The minimum Gasteiger partial charge on any atom is -0.409 e. The summed E-state index contributed by atoms with van der Waals surface area (Å²) < 4.78 is 13.0. The van der Waals surface area contributed by atoms with Crippen molar-refractivity contribution in [1.82, 2.24) is 5.32 Å². The van der Waals surface area contributed by atoms with E-state index in [1.54, 1.807) is 24.3 Å². The maximum absolute atomic E-state index is 13.0. The van der Waals surface area contributed by atoms with Crippen molar-refractivity contribution in [1.29, 1.82) is 0 Å². The van der Waals surface area contributed by atoms with Crippen LogP contribution in [-0.2, 0) is 13.1 Å². The Morgan fingerprint density at radius 3 is 2.38 bits per heavy atom. The zero-order chi connectivity index (χ0) is 15.2. The molecule has 2 rings (SSSR count). The van der Waals surface area contributed by atoms with Gasteiger partial charge >= 0.3 is 0 Å². The van der Waals surface area contributed by atoms with E-state index in [4.69, 9.17) is 22.5 Å². The van der Waals surface area contributed by atoms with Crippen molar-refractivity contribution >= 4 is 17.4 Å².